The summed E-state index contributed by atoms with van der Waals surface area (Å²) in [4.78, 5) is 2.10. The first-order valence-electron chi connectivity index (χ1n) is 11.3. The monoisotopic (exact) mass is 488 g/mol. The van der Waals surface area contributed by atoms with Gasteiger partial charge >= 0.3 is 203 Å². The molecule has 1 saturated heterocycles. The molecule has 1 saturated carbocycles. The molecule has 3 N–H and O–H groups in total. The zero-order valence-electron chi connectivity index (χ0n) is 19.1. The number of aliphatic hydroxyl groups is 1. The van der Waals surface area contributed by atoms with Crippen LogP contribution in [0.15, 0.2) is 36.4 Å². The van der Waals surface area contributed by atoms with E-state index in [9.17, 15) is 10.4 Å². The summed E-state index contributed by atoms with van der Waals surface area (Å²) in [5.41, 5.74) is 4.40. The Hall–Kier alpha value is -2.52. The first-order valence-corrected chi connectivity index (χ1v) is 11.8. The third-order valence-electron chi connectivity index (χ3n) is 7.00. The van der Waals surface area contributed by atoms with Gasteiger partial charge in [0, 0.05) is 0 Å². The van der Waals surface area contributed by atoms with Crippen LogP contribution in [-0.4, -0.2) is 46.8 Å². The van der Waals surface area contributed by atoms with Gasteiger partial charge < -0.3 is 0 Å². The van der Waals surface area contributed by atoms with Crippen molar-refractivity contribution in [2.45, 2.75) is 45.3 Å². The zero-order chi connectivity index (χ0) is 23.6. The normalized spacial score (nSPS) is 17.4. The minimum absolute atomic E-state index is 0.152. The molecule has 2 aromatic rings. The number of aryl methyl sites for hydroxylation is 1. The number of methoxy groups -OCH3 is 1. The maximum atomic E-state index is 9.73. The second kappa shape index (κ2) is 9.77. The Morgan fingerprint density at radius 1 is 1.24 bits per heavy atom. The van der Waals surface area contributed by atoms with Gasteiger partial charge in [0.1, 0.15) is 0 Å². The van der Waals surface area contributed by atoms with Crippen LogP contribution >= 0.6 is 0 Å². The number of nitrogens with zero attached hydrogens (tertiary/aromatic N) is 2. The predicted octanol–water partition coefficient (Wildman–Crippen LogP) is 3.25. The number of ether oxygens (including phenoxy) is 1. The van der Waals surface area contributed by atoms with Gasteiger partial charge in [-0.15, -0.1) is 0 Å². The van der Waals surface area contributed by atoms with E-state index in [0.717, 1.165) is 66.8 Å². The van der Waals surface area contributed by atoms with Gasteiger partial charge in [-0.05, 0) is 0 Å². The molecule has 1 spiro atoms. The van der Waals surface area contributed by atoms with Gasteiger partial charge in [-0.2, -0.15) is 0 Å². The fourth-order valence-electron chi connectivity index (χ4n) is 5.03. The van der Waals surface area contributed by atoms with Crippen molar-refractivity contribution in [2.24, 2.45) is 5.41 Å². The Morgan fingerprint density at radius 2 is 1.97 bits per heavy atom. The van der Waals surface area contributed by atoms with Crippen molar-refractivity contribution in [3.05, 3.63) is 64.2 Å². The van der Waals surface area contributed by atoms with Crippen LogP contribution < -0.4 is 10.1 Å². The molecule has 2 aliphatic rings. The molecule has 4 rings (SSSR count). The molecule has 0 unspecified atom stereocenters. The van der Waals surface area contributed by atoms with Crippen molar-refractivity contribution in [3.63, 3.8) is 0 Å². The molecular weight excluding hydrogens is 459 g/mol. The summed E-state index contributed by atoms with van der Waals surface area (Å²) in [6, 6.07) is 13.6. The Kier molecular flexibility index (Phi) is 7.00. The summed E-state index contributed by atoms with van der Waals surface area (Å²) in [6.07, 6.45) is 3.62. The Bertz CT molecular complexity index is 1110. The average molecular weight is 489 g/mol. The van der Waals surface area contributed by atoms with Crippen molar-refractivity contribution in [3.8, 4) is 11.8 Å². The number of nitriles is 1. The molecule has 33 heavy (non-hydrogen) atoms. The van der Waals surface area contributed by atoms with Gasteiger partial charge in [0.2, 0.25) is 0 Å². The van der Waals surface area contributed by atoms with Crippen LogP contribution in [0.3, 0.4) is 0 Å². The van der Waals surface area contributed by atoms with Crippen LogP contribution in [0.4, 0.5) is 0 Å². The number of piperidine rings is 1. The molecule has 7 heteroatoms. The first-order chi connectivity index (χ1) is 15.8. The van der Waals surface area contributed by atoms with Crippen LogP contribution in [0.25, 0.3) is 0 Å². The molecule has 0 radical (unpaired) electrons. The number of nitrogens with one attached hydrogen (secondary N) is 2. The van der Waals surface area contributed by atoms with Gasteiger partial charge in [0.05, 0.1) is 0 Å². The molecule has 0 atom stereocenters. The number of aliphatic hydroxyl groups excluding tert-OH is 1. The summed E-state index contributed by atoms with van der Waals surface area (Å²) >= 11 is 5.34. The van der Waals surface area contributed by atoms with Crippen LogP contribution in [0.2, 0.25) is 0 Å². The van der Waals surface area contributed by atoms with Crippen molar-refractivity contribution in [2.75, 3.05) is 20.2 Å². The van der Waals surface area contributed by atoms with Crippen LogP contribution in [0, 0.1) is 29.1 Å². The van der Waals surface area contributed by atoms with Crippen molar-refractivity contribution < 1.29 is 24.9 Å². The van der Waals surface area contributed by atoms with E-state index in [1.165, 1.54) is 0 Å². The zero-order valence-corrected chi connectivity index (χ0v) is 20.0. The Balaban J connectivity index is 1.48. The van der Waals surface area contributed by atoms with Crippen molar-refractivity contribution in [1.29, 1.82) is 10.7 Å². The number of hydrogen-bond donors (Lipinski definition) is 3. The minimum atomic E-state index is -0.152. The molecule has 2 fully saturated rings. The number of benzene rings is 2. The van der Waals surface area contributed by atoms with Crippen LogP contribution in [0.1, 0.15) is 53.5 Å². The number of hydrogen-bond acceptors (Lipinski definition) is 5. The fraction of sp³-hybridized carbons (Fsp3) is 0.423. The van der Waals surface area contributed by atoms with Crippen LogP contribution in [-0.2, 0) is 21.6 Å². The van der Waals surface area contributed by atoms with Gasteiger partial charge in [-0.25, -0.2) is 0 Å². The number of rotatable bonds is 6. The summed E-state index contributed by atoms with van der Waals surface area (Å²) < 4.78 is 5.90. The molecule has 1 aliphatic heterocycles. The van der Waals surface area contributed by atoms with E-state index < -0.39 is 0 Å². The number of amidine groups is 1. The van der Waals surface area contributed by atoms with E-state index in [2.05, 4.69) is 22.4 Å². The molecule has 6 nitrogen and oxygen atoms in total. The Morgan fingerprint density at radius 3 is 2.58 bits per heavy atom. The SMILES string of the molecule is COc1ccc(CN[C](=[Ni])c2cc(C#N)ccc2C(=N)N2CCC3(CC2)CC(O)C3)cc1C. The second-order valence-electron chi connectivity index (χ2n) is 9.21. The van der Waals surface area contributed by atoms with Gasteiger partial charge in [-0.1, -0.05) is 0 Å². The van der Waals surface area contributed by atoms with Crippen molar-refractivity contribution >= 4 is 10.5 Å². The number of likely N-dealkylation sites (tertiary alicyclic amines) is 1. The van der Waals surface area contributed by atoms with E-state index >= 15 is 0 Å². The predicted molar refractivity (Wildman–Crippen MR) is 125 cm³/mol. The summed E-state index contributed by atoms with van der Waals surface area (Å²) in [6.45, 7) is 4.17. The standard InChI is InChI=1S/C26H30N4O2.Ni/c1-18-11-20(4-6-24(18)32-2)16-29-17-21-12-19(15-27)3-5-23(21)25(28)30-9-7-26(8-10-30)13-22(31)14-26;/h3-6,11-12,22,28-29,31H,7-10,13-14,16H2,1-2H3;. The van der Waals surface area contributed by atoms with E-state index in [1.807, 2.05) is 25.1 Å². The molecule has 1 heterocycles. The van der Waals surface area contributed by atoms with Gasteiger partial charge in [0.15, 0.2) is 0 Å². The summed E-state index contributed by atoms with van der Waals surface area (Å²) in [5.74, 6) is 1.29. The molecule has 0 amide bonds. The molecule has 0 aromatic heterocycles. The first kappa shape index (κ1) is 23.6. The third kappa shape index (κ3) is 5.04. The second-order valence-corrected chi connectivity index (χ2v) is 9.70. The third-order valence-corrected chi connectivity index (χ3v) is 7.44. The molecule has 0 bridgehead atoms. The van der Waals surface area contributed by atoms with E-state index in [4.69, 9.17) is 25.2 Å². The van der Waals surface area contributed by atoms with E-state index in [1.54, 1.807) is 19.2 Å². The quantitative estimate of drug-likeness (QED) is 0.329. The summed E-state index contributed by atoms with van der Waals surface area (Å²) in [7, 11) is 1.66. The van der Waals surface area contributed by atoms with Crippen molar-refractivity contribution in [1.82, 2.24) is 10.2 Å². The Labute approximate surface area is 203 Å². The molecular formula is C26H30N4NiO2. The van der Waals surface area contributed by atoms with E-state index in [-0.39, 0.29) is 11.5 Å². The fourth-order valence-corrected chi connectivity index (χ4v) is 5.32. The topological polar surface area (TPSA) is 92.4 Å². The van der Waals surface area contributed by atoms with E-state index in [0.29, 0.717) is 22.6 Å². The summed E-state index contributed by atoms with van der Waals surface area (Å²) in [5, 5.41) is 31.4. The van der Waals surface area contributed by atoms with Crippen LogP contribution in [0.5, 0.6) is 5.75 Å². The maximum absolute atomic E-state index is 9.73. The van der Waals surface area contributed by atoms with Gasteiger partial charge in [-0.3, -0.25) is 0 Å². The average Bonchev–Trinajstić information content (AvgIpc) is 2.81. The molecule has 1 aliphatic carbocycles. The van der Waals surface area contributed by atoms with Gasteiger partial charge in [0.25, 0.3) is 0 Å². The molecule has 176 valence electrons. The molecule has 2 aromatic carbocycles.